The predicted octanol–water partition coefficient (Wildman–Crippen LogP) is 2.22. The number of nitrogens with two attached hydrogens (primary N) is 1. The summed E-state index contributed by atoms with van der Waals surface area (Å²) in [5.74, 6) is 5.61. The van der Waals surface area contributed by atoms with Gasteiger partial charge in [-0.2, -0.15) is 0 Å². The molecule has 0 aliphatic heterocycles. The number of rotatable bonds is 6. The molecule has 0 fully saturated rings. The SMILES string of the molecule is CC(C)CN(Cc1ccsc1C(=O)NN)C(C)C. The lowest BCUT2D eigenvalue weighted by Crippen LogP contribution is -2.35. The summed E-state index contributed by atoms with van der Waals surface area (Å²) in [7, 11) is 0. The topological polar surface area (TPSA) is 58.4 Å². The molecule has 102 valence electrons. The molecular formula is C13H23N3OS. The summed E-state index contributed by atoms with van der Waals surface area (Å²) in [5, 5.41) is 1.94. The molecule has 0 aliphatic carbocycles. The van der Waals surface area contributed by atoms with Crippen molar-refractivity contribution in [2.45, 2.75) is 40.3 Å². The van der Waals surface area contributed by atoms with Crippen LogP contribution in [0.4, 0.5) is 0 Å². The Bertz CT molecular complexity index is 387. The minimum atomic E-state index is -0.201. The summed E-state index contributed by atoms with van der Waals surface area (Å²) in [5.41, 5.74) is 3.26. The Morgan fingerprint density at radius 2 is 2.11 bits per heavy atom. The van der Waals surface area contributed by atoms with Crippen LogP contribution in [0.5, 0.6) is 0 Å². The van der Waals surface area contributed by atoms with Crippen LogP contribution in [-0.4, -0.2) is 23.4 Å². The molecule has 0 aliphatic rings. The number of hydrogen-bond donors (Lipinski definition) is 2. The zero-order chi connectivity index (χ0) is 13.7. The first-order valence-electron chi connectivity index (χ1n) is 6.27. The molecule has 0 aromatic carbocycles. The predicted molar refractivity (Wildman–Crippen MR) is 76.4 cm³/mol. The van der Waals surface area contributed by atoms with E-state index in [1.807, 2.05) is 11.4 Å². The number of carbonyl (C=O) groups excluding carboxylic acids is 1. The highest BCUT2D eigenvalue weighted by atomic mass is 32.1. The molecule has 0 unspecified atom stereocenters. The Hall–Kier alpha value is -0.910. The number of nitrogens with zero attached hydrogens (tertiary/aromatic N) is 1. The van der Waals surface area contributed by atoms with Crippen molar-refractivity contribution >= 4 is 17.2 Å². The maximum Gasteiger partial charge on any atom is 0.275 e. The van der Waals surface area contributed by atoms with Gasteiger partial charge in [0.05, 0.1) is 4.88 Å². The number of nitrogen functional groups attached to an aromatic ring is 1. The van der Waals surface area contributed by atoms with Gasteiger partial charge >= 0.3 is 0 Å². The zero-order valence-electron chi connectivity index (χ0n) is 11.6. The largest absolute Gasteiger partial charge is 0.296 e. The molecule has 0 bridgehead atoms. The summed E-state index contributed by atoms with van der Waals surface area (Å²) < 4.78 is 0. The Labute approximate surface area is 113 Å². The molecule has 0 atom stereocenters. The van der Waals surface area contributed by atoms with Gasteiger partial charge in [0.15, 0.2) is 0 Å². The van der Waals surface area contributed by atoms with Gasteiger partial charge in [-0.05, 0) is 36.8 Å². The summed E-state index contributed by atoms with van der Waals surface area (Å²) in [6.07, 6.45) is 0. The van der Waals surface area contributed by atoms with Gasteiger partial charge in [0.2, 0.25) is 0 Å². The second kappa shape index (κ2) is 6.87. The highest BCUT2D eigenvalue weighted by Gasteiger charge is 2.17. The number of nitrogens with one attached hydrogen (secondary N) is 1. The molecule has 1 rings (SSSR count). The van der Waals surface area contributed by atoms with E-state index in [9.17, 15) is 4.79 Å². The van der Waals surface area contributed by atoms with E-state index in [1.54, 1.807) is 0 Å². The molecule has 1 aromatic heterocycles. The van der Waals surface area contributed by atoms with E-state index in [0.29, 0.717) is 16.8 Å². The second-order valence-electron chi connectivity index (χ2n) is 5.17. The molecule has 0 saturated heterocycles. The molecule has 1 amide bonds. The highest BCUT2D eigenvalue weighted by Crippen LogP contribution is 2.20. The van der Waals surface area contributed by atoms with Gasteiger partial charge < -0.3 is 0 Å². The summed E-state index contributed by atoms with van der Waals surface area (Å²) >= 11 is 1.44. The minimum absolute atomic E-state index is 0.201. The molecule has 0 spiro atoms. The van der Waals surface area contributed by atoms with E-state index >= 15 is 0 Å². The third-order valence-corrected chi connectivity index (χ3v) is 3.74. The number of hydrogen-bond acceptors (Lipinski definition) is 4. The maximum absolute atomic E-state index is 11.6. The van der Waals surface area contributed by atoms with Gasteiger partial charge in [0.25, 0.3) is 5.91 Å². The monoisotopic (exact) mass is 269 g/mol. The summed E-state index contributed by atoms with van der Waals surface area (Å²) in [6.45, 7) is 10.6. The van der Waals surface area contributed by atoms with Crippen molar-refractivity contribution in [3.05, 3.63) is 21.9 Å². The molecule has 1 heterocycles. The molecule has 0 radical (unpaired) electrons. The first kappa shape index (κ1) is 15.1. The van der Waals surface area contributed by atoms with Crippen LogP contribution < -0.4 is 11.3 Å². The molecule has 4 nitrogen and oxygen atoms in total. The third-order valence-electron chi connectivity index (χ3n) is 2.79. The van der Waals surface area contributed by atoms with Crippen LogP contribution in [0, 0.1) is 5.92 Å². The Morgan fingerprint density at radius 1 is 1.44 bits per heavy atom. The molecule has 0 saturated carbocycles. The van der Waals surface area contributed by atoms with Gasteiger partial charge in [0.1, 0.15) is 0 Å². The van der Waals surface area contributed by atoms with E-state index < -0.39 is 0 Å². The van der Waals surface area contributed by atoms with Crippen molar-refractivity contribution in [2.24, 2.45) is 11.8 Å². The zero-order valence-corrected chi connectivity index (χ0v) is 12.4. The summed E-state index contributed by atoms with van der Waals surface area (Å²) in [4.78, 5) is 14.7. The van der Waals surface area contributed by atoms with Crippen LogP contribution >= 0.6 is 11.3 Å². The quantitative estimate of drug-likeness (QED) is 0.473. The fourth-order valence-corrected chi connectivity index (χ4v) is 2.69. The van der Waals surface area contributed by atoms with Gasteiger partial charge in [-0.15, -0.1) is 11.3 Å². The van der Waals surface area contributed by atoms with E-state index in [0.717, 1.165) is 18.7 Å². The van der Waals surface area contributed by atoms with Crippen LogP contribution in [0.15, 0.2) is 11.4 Å². The van der Waals surface area contributed by atoms with Crippen molar-refractivity contribution < 1.29 is 4.79 Å². The first-order chi connectivity index (χ1) is 8.45. The third kappa shape index (κ3) is 4.08. The lowest BCUT2D eigenvalue weighted by Gasteiger charge is -2.28. The molecular weight excluding hydrogens is 246 g/mol. The van der Waals surface area contributed by atoms with Crippen molar-refractivity contribution in [1.82, 2.24) is 10.3 Å². The van der Waals surface area contributed by atoms with Gasteiger partial charge in [-0.3, -0.25) is 15.1 Å². The molecule has 18 heavy (non-hydrogen) atoms. The second-order valence-corrected chi connectivity index (χ2v) is 6.08. The minimum Gasteiger partial charge on any atom is -0.296 e. The summed E-state index contributed by atoms with van der Waals surface area (Å²) in [6, 6.07) is 2.46. The maximum atomic E-state index is 11.6. The van der Waals surface area contributed by atoms with Gasteiger partial charge in [-0.1, -0.05) is 13.8 Å². The van der Waals surface area contributed by atoms with Gasteiger partial charge in [-0.25, -0.2) is 5.84 Å². The first-order valence-corrected chi connectivity index (χ1v) is 7.15. The van der Waals surface area contributed by atoms with E-state index in [-0.39, 0.29) is 5.91 Å². The number of amides is 1. The van der Waals surface area contributed by atoms with Crippen LogP contribution in [0.2, 0.25) is 0 Å². The Kier molecular flexibility index (Phi) is 5.78. The van der Waals surface area contributed by atoms with Crippen LogP contribution in [-0.2, 0) is 6.54 Å². The normalized spacial score (nSPS) is 11.6. The van der Waals surface area contributed by atoms with Crippen molar-refractivity contribution in [3.63, 3.8) is 0 Å². The van der Waals surface area contributed by atoms with Crippen molar-refractivity contribution in [3.8, 4) is 0 Å². The highest BCUT2D eigenvalue weighted by molar-refractivity contribution is 7.12. The number of thiophene rings is 1. The van der Waals surface area contributed by atoms with Crippen molar-refractivity contribution in [2.75, 3.05) is 6.54 Å². The van der Waals surface area contributed by atoms with E-state index in [2.05, 4.69) is 38.0 Å². The van der Waals surface area contributed by atoms with Gasteiger partial charge in [0, 0.05) is 19.1 Å². The number of hydrazine groups is 1. The Balaban J connectivity index is 2.81. The standard InChI is InChI=1S/C13H23N3OS/c1-9(2)7-16(10(3)4)8-11-5-6-18-12(11)13(17)15-14/h5-6,9-10H,7-8,14H2,1-4H3,(H,15,17). The number of carbonyl (C=O) groups is 1. The van der Waals surface area contributed by atoms with E-state index in [4.69, 9.17) is 5.84 Å². The smallest absolute Gasteiger partial charge is 0.275 e. The molecule has 3 N–H and O–H groups in total. The van der Waals surface area contributed by atoms with Crippen molar-refractivity contribution in [1.29, 1.82) is 0 Å². The fourth-order valence-electron chi connectivity index (χ4n) is 1.87. The average molecular weight is 269 g/mol. The Morgan fingerprint density at radius 3 is 2.61 bits per heavy atom. The average Bonchev–Trinajstić information content (AvgIpc) is 2.74. The lowest BCUT2D eigenvalue weighted by molar-refractivity contribution is 0.0955. The molecule has 5 heteroatoms. The molecule has 1 aromatic rings. The van der Waals surface area contributed by atoms with Crippen LogP contribution in [0.1, 0.15) is 42.9 Å². The van der Waals surface area contributed by atoms with E-state index in [1.165, 1.54) is 11.3 Å². The van der Waals surface area contributed by atoms with Crippen LogP contribution in [0.3, 0.4) is 0 Å². The lowest BCUT2D eigenvalue weighted by atomic mass is 10.1. The van der Waals surface area contributed by atoms with Crippen LogP contribution in [0.25, 0.3) is 0 Å². The fraction of sp³-hybridized carbons (Fsp3) is 0.615.